The number of hydrogen-bond acceptors (Lipinski definition) is 4. The molecular formula is C20H33N5O. The highest BCUT2D eigenvalue weighted by atomic mass is 16.1. The largest absolute Gasteiger partial charge is 0.351 e. The van der Waals surface area contributed by atoms with E-state index in [9.17, 15) is 4.79 Å². The molecule has 0 heterocycles. The van der Waals surface area contributed by atoms with E-state index in [1.807, 2.05) is 36.3 Å². The third kappa shape index (κ3) is 6.41. The average Bonchev–Trinajstić information content (AvgIpc) is 2.70. The number of nitrogens with one attached hydrogen (secondary N) is 1. The minimum Gasteiger partial charge on any atom is -0.351 e. The van der Waals surface area contributed by atoms with Crippen LogP contribution >= 0.6 is 0 Å². The molecule has 1 fully saturated rings. The first-order chi connectivity index (χ1) is 12.6. The van der Waals surface area contributed by atoms with Crippen LogP contribution in [0, 0.1) is 0 Å². The molecule has 144 valence electrons. The first-order valence-corrected chi connectivity index (χ1v) is 9.89. The van der Waals surface area contributed by atoms with E-state index < -0.39 is 0 Å². The van der Waals surface area contributed by atoms with Crippen LogP contribution in [0.5, 0.6) is 0 Å². The van der Waals surface area contributed by atoms with Crippen LogP contribution in [0.4, 0.5) is 5.69 Å². The lowest BCUT2D eigenvalue weighted by Crippen LogP contribution is -2.34. The van der Waals surface area contributed by atoms with Crippen LogP contribution in [0.15, 0.2) is 34.6 Å². The van der Waals surface area contributed by atoms with Gasteiger partial charge in [0.15, 0.2) is 0 Å². The second-order valence-corrected chi connectivity index (χ2v) is 6.88. The molecule has 1 aromatic carbocycles. The van der Waals surface area contributed by atoms with Crippen molar-refractivity contribution in [3.05, 3.63) is 29.8 Å². The molecule has 0 aromatic heterocycles. The topological polar surface area (TPSA) is 60.3 Å². The number of likely N-dealkylation sites (N-methyl/N-ethyl adjacent to an activating group) is 1. The second kappa shape index (κ2) is 10.9. The highest BCUT2D eigenvalue weighted by Crippen LogP contribution is 2.22. The summed E-state index contributed by atoms with van der Waals surface area (Å²) in [6, 6.07) is 7.81. The zero-order valence-corrected chi connectivity index (χ0v) is 16.4. The van der Waals surface area contributed by atoms with Gasteiger partial charge in [0.05, 0.1) is 5.69 Å². The van der Waals surface area contributed by atoms with Gasteiger partial charge in [-0.15, -0.1) is 5.11 Å². The van der Waals surface area contributed by atoms with Crippen LogP contribution in [-0.4, -0.2) is 55.1 Å². The minimum atomic E-state index is -0.0417. The summed E-state index contributed by atoms with van der Waals surface area (Å²) in [5.41, 5.74) is 1.43. The third-order valence-electron chi connectivity index (χ3n) is 5.14. The van der Waals surface area contributed by atoms with Crippen molar-refractivity contribution in [3.8, 4) is 0 Å². The van der Waals surface area contributed by atoms with Gasteiger partial charge in [-0.3, -0.25) is 9.80 Å². The van der Waals surface area contributed by atoms with Crippen molar-refractivity contribution in [3.63, 3.8) is 0 Å². The van der Waals surface area contributed by atoms with Crippen LogP contribution in [-0.2, 0) is 0 Å². The Morgan fingerprint density at radius 1 is 1.12 bits per heavy atom. The Hall–Kier alpha value is -1.95. The van der Waals surface area contributed by atoms with Crippen molar-refractivity contribution in [2.45, 2.75) is 52.0 Å². The fourth-order valence-corrected chi connectivity index (χ4v) is 3.30. The molecule has 1 N–H and O–H groups in total. The Balaban J connectivity index is 1.81. The van der Waals surface area contributed by atoms with Gasteiger partial charge in [0.1, 0.15) is 0 Å². The molecule has 0 unspecified atom stereocenters. The fraction of sp³-hybridized carbons (Fsp3) is 0.650. The van der Waals surface area contributed by atoms with Crippen LogP contribution in [0.3, 0.4) is 0 Å². The highest BCUT2D eigenvalue weighted by molar-refractivity contribution is 5.94. The zero-order chi connectivity index (χ0) is 18.8. The number of hydrogen-bond donors (Lipinski definition) is 1. The SMILES string of the molecule is CCN(CC)CCNC(=O)c1ccc(N=NN(C)C2CCCCC2)cc1. The molecular weight excluding hydrogens is 326 g/mol. The average molecular weight is 360 g/mol. The van der Waals surface area contributed by atoms with E-state index in [4.69, 9.17) is 0 Å². The maximum Gasteiger partial charge on any atom is 0.251 e. The smallest absolute Gasteiger partial charge is 0.251 e. The summed E-state index contributed by atoms with van der Waals surface area (Å²) < 4.78 is 0. The maximum atomic E-state index is 12.2. The molecule has 6 heteroatoms. The molecule has 1 aromatic rings. The van der Waals surface area contributed by atoms with Crippen LogP contribution < -0.4 is 5.32 Å². The lowest BCUT2D eigenvalue weighted by molar-refractivity contribution is 0.0949. The number of benzene rings is 1. The molecule has 1 saturated carbocycles. The van der Waals surface area contributed by atoms with Gasteiger partial charge >= 0.3 is 0 Å². The molecule has 1 aliphatic carbocycles. The predicted molar refractivity (Wildman–Crippen MR) is 106 cm³/mol. The molecule has 0 spiro atoms. The van der Waals surface area contributed by atoms with Gasteiger partial charge in [0, 0.05) is 31.7 Å². The van der Waals surface area contributed by atoms with Crippen LogP contribution in [0.25, 0.3) is 0 Å². The lowest BCUT2D eigenvalue weighted by atomic mass is 9.95. The highest BCUT2D eigenvalue weighted by Gasteiger charge is 2.16. The van der Waals surface area contributed by atoms with Crippen LogP contribution in [0.1, 0.15) is 56.3 Å². The summed E-state index contributed by atoms with van der Waals surface area (Å²) in [5, 5.41) is 13.6. The molecule has 1 amide bonds. The van der Waals surface area contributed by atoms with E-state index in [1.165, 1.54) is 32.1 Å². The van der Waals surface area contributed by atoms with Gasteiger partial charge in [0.25, 0.3) is 5.91 Å². The first kappa shape index (κ1) is 20.4. The summed E-state index contributed by atoms with van der Waals surface area (Å²) in [6.07, 6.45) is 6.29. The Kier molecular flexibility index (Phi) is 8.54. The van der Waals surface area contributed by atoms with Gasteiger partial charge in [-0.05, 0) is 50.2 Å². The van der Waals surface area contributed by atoms with E-state index in [0.717, 1.165) is 25.3 Å². The lowest BCUT2D eigenvalue weighted by Gasteiger charge is -2.27. The van der Waals surface area contributed by atoms with Crippen molar-refractivity contribution in [1.82, 2.24) is 15.2 Å². The van der Waals surface area contributed by atoms with Gasteiger partial charge in [0.2, 0.25) is 0 Å². The first-order valence-electron chi connectivity index (χ1n) is 9.89. The molecule has 0 saturated heterocycles. The molecule has 1 aliphatic rings. The summed E-state index contributed by atoms with van der Waals surface area (Å²) in [5.74, 6) is -0.0417. The van der Waals surface area contributed by atoms with Gasteiger partial charge in [-0.2, -0.15) is 0 Å². The maximum absolute atomic E-state index is 12.2. The third-order valence-corrected chi connectivity index (χ3v) is 5.14. The quantitative estimate of drug-likeness (QED) is 0.535. The number of nitrogens with zero attached hydrogens (tertiary/aromatic N) is 4. The van der Waals surface area contributed by atoms with Gasteiger partial charge in [-0.25, -0.2) is 0 Å². The summed E-state index contributed by atoms with van der Waals surface area (Å²) in [7, 11) is 2.00. The zero-order valence-electron chi connectivity index (χ0n) is 16.4. The second-order valence-electron chi connectivity index (χ2n) is 6.88. The molecule has 0 bridgehead atoms. The molecule has 0 aliphatic heterocycles. The normalized spacial score (nSPS) is 15.5. The van der Waals surface area contributed by atoms with E-state index in [1.54, 1.807) is 0 Å². The molecule has 0 atom stereocenters. The van der Waals surface area contributed by atoms with E-state index in [2.05, 4.69) is 34.4 Å². The monoisotopic (exact) mass is 359 g/mol. The standard InChI is InChI=1S/C20H33N5O/c1-4-25(5-2)16-15-21-20(26)17-11-13-18(14-12-17)22-23-24(3)19-9-7-6-8-10-19/h11-14,19H,4-10,15-16H2,1-3H3,(H,21,26). The number of rotatable bonds is 9. The Bertz CT molecular complexity index is 562. The molecule has 0 radical (unpaired) electrons. The molecule has 2 rings (SSSR count). The van der Waals surface area contributed by atoms with Gasteiger partial charge < -0.3 is 10.2 Å². The number of amides is 1. The van der Waals surface area contributed by atoms with Crippen molar-refractivity contribution in [2.24, 2.45) is 10.3 Å². The van der Waals surface area contributed by atoms with Crippen molar-refractivity contribution >= 4 is 11.6 Å². The Labute approximate surface area is 157 Å². The van der Waals surface area contributed by atoms with Crippen molar-refractivity contribution in [1.29, 1.82) is 0 Å². The fourth-order valence-electron chi connectivity index (χ4n) is 3.30. The van der Waals surface area contributed by atoms with Crippen molar-refractivity contribution in [2.75, 3.05) is 33.2 Å². The van der Waals surface area contributed by atoms with E-state index in [0.29, 0.717) is 18.2 Å². The molecule has 26 heavy (non-hydrogen) atoms. The summed E-state index contributed by atoms with van der Waals surface area (Å²) in [4.78, 5) is 14.5. The summed E-state index contributed by atoms with van der Waals surface area (Å²) >= 11 is 0. The van der Waals surface area contributed by atoms with Crippen molar-refractivity contribution < 1.29 is 4.79 Å². The number of carbonyl (C=O) groups excluding carboxylic acids is 1. The minimum absolute atomic E-state index is 0.0417. The summed E-state index contributed by atoms with van der Waals surface area (Å²) in [6.45, 7) is 7.80. The number of carbonyl (C=O) groups is 1. The van der Waals surface area contributed by atoms with Gasteiger partial charge in [-0.1, -0.05) is 38.3 Å². The van der Waals surface area contributed by atoms with Crippen LogP contribution in [0.2, 0.25) is 0 Å². The van der Waals surface area contributed by atoms with E-state index >= 15 is 0 Å². The Morgan fingerprint density at radius 2 is 1.77 bits per heavy atom. The van der Waals surface area contributed by atoms with E-state index in [-0.39, 0.29) is 5.91 Å². The Morgan fingerprint density at radius 3 is 2.38 bits per heavy atom. The molecule has 6 nitrogen and oxygen atoms in total. The predicted octanol–water partition coefficient (Wildman–Crippen LogP) is 4.02.